The number of hydrogen-bond donors (Lipinski definition) is 2. The van der Waals surface area contributed by atoms with Gasteiger partial charge in [0, 0.05) is 20.1 Å². The van der Waals surface area contributed by atoms with Crippen LogP contribution < -0.4 is 5.73 Å². The largest absolute Gasteiger partial charge is 0.481 e. The topological polar surface area (TPSA) is 104 Å². The van der Waals surface area contributed by atoms with Crippen molar-refractivity contribution >= 4 is 17.9 Å². The zero-order chi connectivity index (χ0) is 15.0. The Morgan fingerprint density at radius 3 is 2.32 bits per heavy atom. The van der Waals surface area contributed by atoms with Crippen molar-refractivity contribution in [3.05, 3.63) is 0 Å². The number of carboxylic acid groups (broad SMARTS) is 1. The summed E-state index contributed by atoms with van der Waals surface area (Å²) < 4.78 is 0. The van der Waals surface area contributed by atoms with E-state index < -0.39 is 17.8 Å². The molecule has 0 aromatic heterocycles. The number of rotatable bonds is 8. The van der Waals surface area contributed by atoms with E-state index in [4.69, 9.17) is 10.8 Å². The molecule has 0 spiro atoms. The summed E-state index contributed by atoms with van der Waals surface area (Å²) in [5.74, 6) is -2.20. The minimum absolute atomic E-state index is 0.0928. The number of nitrogens with zero attached hydrogens (tertiary/aromatic N) is 2. The van der Waals surface area contributed by atoms with Crippen LogP contribution in [0.3, 0.4) is 0 Å². The van der Waals surface area contributed by atoms with E-state index in [0.717, 1.165) is 12.8 Å². The first-order chi connectivity index (χ1) is 8.79. The Labute approximate surface area is 113 Å². The van der Waals surface area contributed by atoms with Crippen molar-refractivity contribution in [3.8, 4) is 0 Å². The number of unbranched alkanes of at least 4 members (excludes halogenated alkanes) is 1. The molecule has 0 heterocycles. The number of amides is 3. The molecule has 0 fully saturated rings. The van der Waals surface area contributed by atoms with E-state index in [2.05, 4.69) is 0 Å². The Bertz CT molecular complexity index is 333. The molecule has 0 bridgehead atoms. The smallest absolute Gasteiger partial charge is 0.320 e. The summed E-state index contributed by atoms with van der Waals surface area (Å²) >= 11 is 0. The van der Waals surface area contributed by atoms with Gasteiger partial charge in [-0.1, -0.05) is 20.3 Å². The van der Waals surface area contributed by atoms with Crippen LogP contribution in [-0.2, 0) is 9.59 Å². The molecule has 7 heteroatoms. The molecule has 0 aliphatic rings. The minimum atomic E-state index is -0.963. The Balaban J connectivity index is 4.58. The van der Waals surface area contributed by atoms with E-state index in [0.29, 0.717) is 6.54 Å². The van der Waals surface area contributed by atoms with Crippen molar-refractivity contribution in [2.75, 3.05) is 26.7 Å². The second-order valence-electron chi connectivity index (χ2n) is 4.64. The number of primary amides is 1. The minimum Gasteiger partial charge on any atom is -0.481 e. The van der Waals surface area contributed by atoms with Crippen molar-refractivity contribution in [2.24, 2.45) is 11.7 Å². The monoisotopic (exact) mass is 273 g/mol. The van der Waals surface area contributed by atoms with Crippen LogP contribution in [0.1, 0.15) is 26.7 Å². The fourth-order valence-electron chi connectivity index (χ4n) is 1.59. The molecule has 3 N–H and O–H groups in total. The number of urea groups is 1. The lowest BCUT2D eigenvalue weighted by Gasteiger charge is -2.28. The third-order valence-electron chi connectivity index (χ3n) is 2.69. The maximum absolute atomic E-state index is 12.1. The van der Waals surface area contributed by atoms with Crippen molar-refractivity contribution in [1.82, 2.24) is 9.80 Å². The molecule has 19 heavy (non-hydrogen) atoms. The van der Waals surface area contributed by atoms with Crippen LogP contribution in [-0.4, -0.2) is 59.5 Å². The highest BCUT2D eigenvalue weighted by Crippen LogP contribution is 2.04. The van der Waals surface area contributed by atoms with Gasteiger partial charge in [-0.2, -0.15) is 0 Å². The van der Waals surface area contributed by atoms with Crippen LogP contribution in [0, 0.1) is 5.92 Å². The summed E-state index contributed by atoms with van der Waals surface area (Å²) in [5, 5.41) is 8.81. The Kier molecular flexibility index (Phi) is 7.55. The first-order valence-electron chi connectivity index (χ1n) is 6.30. The van der Waals surface area contributed by atoms with Crippen molar-refractivity contribution in [3.63, 3.8) is 0 Å². The molecule has 0 aliphatic carbocycles. The van der Waals surface area contributed by atoms with E-state index in [-0.39, 0.29) is 19.1 Å². The molecule has 0 saturated carbocycles. The fraction of sp³-hybridized carbons (Fsp3) is 0.750. The number of nitrogens with two attached hydrogens (primary N) is 1. The molecule has 0 radical (unpaired) electrons. The molecule has 0 rings (SSSR count). The first-order valence-corrected chi connectivity index (χ1v) is 6.30. The lowest BCUT2D eigenvalue weighted by atomic mass is 10.2. The number of carbonyl (C=O) groups excluding carboxylic acids is 2. The third kappa shape index (κ3) is 6.64. The summed E-state index contributed by atoms with van der Waals surface area (Å²) in [6.45, 7) is 3.88. The average molecular weight is 273 g/mol. The van der Waals surface area contributed by atoms with Crippen molar-refractivity contribution in [1.29, 1.82) is 0 Å². The van der Waals surface area contributed by atoms with Gasteiger partial charge in [0.05, 0.1) is 5.92 Å². The van der Waals surface area contributed by atoms with Gasteiger partial charge in [-0.3, -0.25) is 9.59 Å². The quantitative estimate of drug-likeness (QED) is 0.665. The highest BCUT2D eigenvalue weighted by Gasteiger charge is 2.22. The van der Waals surface area contributed by atoms with Crippen LogP contribution in [0.4, 0.5) is 4.79 Å². The second kappa shape index (κ2) is 8.34. The molecule has 0 aliphatic heterocycles. The predicted octanol–water partition coefficient (Wildman–Crippen LogP) is 0.346. The molecule has 1 unspecified atom stereocenters. The summed E-state index contributed by atoms with van der Waals surface area (Å²) in [4.78, 5) is 36.4. The van der Waals surface area contributed by atoms with Gasteiger partial charge in [-0.15, -0.1) is 0 Å². The predicted molar refractivity (Wildman–Crippen MR) is 70.5 cm³/mol. The summed E-state index contributed by atoms with van der Waals surface area (Å²) in [7, 11) is 1.52. The normalized spacial score (nSPS) is 11.7. The first kappa shape index (κ1) is 17.2. The van der Waals surface area contributed by atoms with Crippen LogP contribution in [0.2, 0.25) is 0 Å². The SMILES string of the molecule is CCCCN(CC(N)=O)C(=O)N(C)CC(C)C(=O)O. The third-order valence-corrected chi connectivity index (χ3v) is 2.69. The van der Waals surface area contributed by atoms with Crippen LogP contribution in [0.15, 0.2) is 0 Å². The standard InChI is InChI=1S/C12H23N3O4/c1-4-5-6-15(8-10(13)16)12(19)14(3)7-9(2)11(17)18/h9H,4-8H2,1-3H3,(H2,13,16)(H,17,18). The lowest BCUT2D eigenvalue weighted by molar-refractivity contribution is -0.141. The molecule has 0 saturated heterocycles. The maximum atomic E-state index is 12.1. The van der Waals surface area contributed by atoms with Gasteiger partial charge in [0.2, 0.25) is 5.91 Å². The molecule has 110 valence electrons. The summed E-state index contributed by atoms with van der Waals surface area (Å²) in [6, 6.07) is -0.375. The van der Waals surface area contributed by atoms with Crippen molar-refractivity contribution < 1.29 is 19.5 Å². The van der Waals surface area contributed by atoms with Gasteiger partial charge >= 0.3 is 12.0 Å². The van der Waals surface area contributed by atoms with Gasteiger partial charge in [0.15, 0.2) is 0 Å². The summed E-state index contributed by atoms with van der Waals surface area (Å²) in [6.07, 6.45) is 1.65. The zero-order valence-electron chi connectivity index (χ0n) is 11.8. The zero-order valence-corrected chi connectivity index (χ0v) is 11.8. The number of carbonyl (C=O) groups is 3. The molecule has 7 nitrogen and oxygen atoms in total. The van der Waals surface area contributed by atoms with Gasteiger partial charge in [0.25, 0.3) is 0 Å². The van der Waals surface area contributed by atoms with Gasteiger partial charge in [-0.25, -0.2) is 4.79 Å². The highest BCUT2D eigenvalue weighted by molar-refractivity contribution is 5.83. The number of aliphatic carboxylic acids is 1. The van der Waals surface area contributed by atoms with Crippen LogP contribution >= 0.6 is 0 Å². The molecule has 0 aromatic carbocycles. The maximum Gasteiger partial charge on any atom is 0.320 e. The lowest BCUT2D eigenvalue weighted by Crippen LogP contribution is -2.47. The van der Waals surface area contributed by atoms with Crippen LogP contribution in [0.5, 0.6) is 0 Å². The Hall–Kier alpha value is -1.79. The van der Waals surface area contributed by atoms with Gasteiger partial charge < -0.3 is 20.6 Å². The number of carboxylic acids is 1. The Morgan fingerprint density at radius 1 is 1.32 bits per heavy atom. The molecule has 1 atom stereocenters. The molecular weight excluding hydrogens is 250 g/mol. The number of hydrogen-bond acceptors (Lipinski definition) is 3. The highest BCUT2D eigenvalue weighted by atomic mass is 16.4. The van der Waals surface area contributed by atoms with E-state index in [1.54, 1.807) is 0 Å². The van der Waals surface area contributed by atoms with E-state index in [1.165, 1.54) is 23.8 Å². The molecule has 3 amide bonds. The average Bonchev–Trinajstić information content (AvgIpc) is 2.32. The van der Waals surface area contributed by atoms with E-state index in [9.17, 15) is 14.4 Å². The molecule has 0 aromatic rings. The second-order valence-corrected chi connectivity index (χ2v) is 4.64. The van der Waals surface area contributed by atoms with E-state index in [1.807, 2.05) is 6.92 Å². The van der Waals surface area contributed by atoms with E-state index >= 15 is 0 Å². The van der Waals surface area contributed by atoms with Crippen molar-refractivity contribution in [2.45, 2.75) is 26.7 Å². The summed E-state index contributed by atoms with van der Waals surface area (Å²) in [5.41, 5.74) is 5.11. The van der Waals surface area contributed by atoms with Gasteiger partial charge in [-0.05, 0) is 6.42 Å². The Morgan fingerprint density at radius 2 is 1.89 bits per heavy atom. The fourth-order valence-corrected chi connectivity index (χ4v) is 1.59. The van der Waals surface area contributed by atoms with Gasteiger partial charge in [0.1, 0.15) is 6.54 Å². The van der Waals surface area contributed by atoms with Crippen LogP contribution in [0.25, 0.3) is 0 Å². The molecular formula is C12H23N3O4.